The molecule has 2 aromatic carbocycles. The number of phenolic OH excluding ortho intramolecular Hbond substituents is 1. The van der Waals surface area contributed by atoms with Gasteiger partial charge in [0.1, 0.15) is 11.5 Å². The van der Waals surface area contributed by atoms with Crippen molar-refractivity contribution in [2.45, 2.75) is 19.4 Å². The Morgan fingerprint density at radius 1 is 1.32 bits per heavy atom. The zero-order chi connectivity index (χ0) is 17.8. The summed E-state index contributed by atoms with van der Waals surface area (Å²) in [6.07, 6.45) is 1.88. The number of ketones is 1. The van der Waals surface area contributed by atoms with Crippen molar-refractivity contribution in [1.82, 2.24) is 4.90 Å². The second-order valence-corrected chi connectivity index (χ2v) is 6.88. The number of piperidine rings is 1. The Morgan fingerprint density at radius 3 is 2.92 bits per heavy atom. The zero-order valence-corrected chi connectivity index (χ0v) is 15.0. The van der Waals surface area contributed by atoms with E-state index in [9.17, 15) is 9.90 Å². The fourth-order valence-electron chi connectivity index (χ4n) is 3.40. The summed E-state index contributed by atoms with van der Waals surface area (Å²) in [7, 11) is 1.60. The Balaban J connectivity index is 1.70. The van der Waals surface area contributed by atoms with E-state index in [0.29, 0.717) is 22.9 Å². The number of hydrogen-bond acceptors (Lipinski definition) is 4. The summed E-state index contributed by atoms with van der Waals surface area (Å²) in [5.41, 5.74) is 1.69. The van der Waals surface area contributed by atoms with Crippen LogP contribution >= 0.6 is 11.6 Å². The largest absolute Gasteiger partial charge is 0.508 e. The number of rotatable bonds is 5. The van der Waals surface area contributed by atoms with Crippen molar-refractivity contribution in [3.63, 3.8) is 0 Å². The molecule has 0 unspecified atom stereocenters. The third-order valence-corrected chi connectivity index (χ3v) is 4.89. The first-order valence-electron chi connectivity index (χ1n) is 8.45. The fraction of sp³-hybridized carbons (Fsp3) is 0.350. The van der Waals surface area contributed by atoms with Crippen molar-refractivity contribution >= 4 is 17.4 Å². The minimum absolute atomic E-state index is 0.0182. The number of Topliss-reactive ketones (excluding diaryl/α,β-unsaturated/α-hetero) is 1. The van der Waals surface area contributed by atoms with Crippen molar-refractivity contribution in [3.8, 4) is 11.5 Å². The van der Waals surface area contributed by atoms with E-state index >= 15 is 0 Å². The molecule has 1 fully saturated rings. The van der Waals surface area contributed by atoms with E-state index < -0.39 is 0 Å². The molecule has 5 heteroatoms. The summed E-state index contributed by atoms with van der Waals surface area (Å²) in [5, 5.41) is 10.2. The van der Waals surface area contributed by atoms with Crippen molar-refractivity contribution < 1.29 is 14.6 Å². The second-order valence-electron chi connectivity index (χ2n) is 6.45. The Labute approximate surface area is 153 Å². The number of methoxy groups -OCH3 is 1. The van der Waals surface area contributed by atoms with Gasteiger partial charge in [0.15, 0.2) is 5.78 Å². The minimum Gasteiger partial charge on any atom is -0.508 e. The molecule has 2 aromatic rings. The van der Waals surface area contributed by atoms with Crippen LogP contribution in [0, 0.1) is 5.92 Å². The van der Waals surface area contributed by atoms with E-state index in [2.05, 4.69) is 4.90 Å². The molecule has 132 valence electrons. The highest BCUT2D eigenvalue weighted by Crippen LogP contribution is 2.28. The number of likely N-dealkylation sites (tertiary alicyclic amines) is 1. The molecule has 3 rings (SSSR count). The number of phenols is 1. The summed E-state index contributed by atoms with van der Waals surface area (Å²) in [6, 6.07) is 12.3. The van der Waals surface area contributed by atoms with E-state index in [-0.39, 0.29) is 17.5 Å². The standard InChI is InChI=1S/C20H22ClNO3/c1-25-19-11-18(23)8-7-15(19)12-22-9-3-5-16(13-22)20(24)14-4-2-6-17(21)10-14/h2,4,6-8,10-11,16,23H,3,5,9,12-13H2,1H3/t16-/m1/s1. The van der Waals surface area contributed by atoms with Crippen molar-refractivity contribution in [2.24, 2.45) is 5.92 Å². The van der Waals surface area contributed by atoms with Crippen molar-refractivity contribution in [1.29, 1.82) is 0 Å². The molecule has 1 aliphatic heterocycles. The van der Waals surface area contributed by atoms with Crippen LogP contribution in [-0.4, -0.2) is 36.0 Å². The summed E-state index contributed by atoms with van der Waals surface area (Å²) in [5.74, 6) is 0.997. The number of nitrogens with zero attached hydrogens (tertiary/aromatic N) is 1. The maximum Gasteiger partial charge on any atom is 0.167 e. The number of hydrogen-bond donors (Lipinski definition) is 1. The fourth-order valence-corrected chi connectivity index (χ4v) is 3.59. The molecule has 1 aliphatic rings. The molecule has 0 aliphatic carbocycles. The third-order valence-electron chi connectivity index (χ3n) is 4.65. The molecular weight excluding hydrogens is 338 g/mol. The van der Waals surface area contributed by atoms with Crippen LogP contribution in [0.25, 0.3) is 0 Å². The molecule has 0 bridgehead atoms. The lowest BCUT2D eigenvalue weighted by atomic mass is 9.90. The van der Waals surface area contributed by atoms with Gasteiger partial charge in [0.25, 0.3) is 0 Å². The minimum atomic E-state index is -0.0182. The molecule has 1 heterocycles. The lowest BCUT2D eigenvalue weighted by Crippen LogP contribution is -2.38. The summed E-state index contributed by atoms with van der Waals surface area (Å²) in [4.78, 5) is 15.0. The number of halogens is 1. The van der Waals surface area contributed by atoms with E-state index in [1.807, 2.05) is 18.2 Å². The van der Waals surface area contributed by atoms with Crippen LogP contribution in [0.5, 0.6) is 11.5 Å². The molecule has 0 radical (unpaired) electrons. The van der Waals surface area contributed by atoms with Crippen molar-refractivity contribution in [2.75, 3.05) is 20.2 Å². The van der Waals surface area contributed by atoms with Gasteiger partial charge in [0.2, 0.25) is 0 Å². The van der Waals surface area contributed by atoms with E-state index in [1.165, 1.54) is 0 Å². The van der Waals surface area contributed by atoms with Gasteiger partial charge in [-0.3, -0.25) is 9.69 Å². The average molecular weight is 360 g/mol. The Bertz CT molecular complexity index is 762. The van der Waals surface area contributed by atoms with Gasteiger partial charge in [-0.15, -0.1) is 0 Å². The summed E-state index contributed by atoms with van der Waals surface area (Å²) < 4.78 is 5.36. The van der Waals surface area contributed by atoms with Crippen LogP contribution in [0.2, 0.25) is 5.02 Å². The van der Waals surface area contributed by atoms with Gasteiger partial charge in [-0.1, -0.05) is 29.8 Å². The van der Waals surface area contributed by atoms with Gasteiger partial charge in [-0.2, -0.15) is 0 Å². The quantitative estimate of drug-likeness (QED) is 0.815. The first-order valence-corrected chi connectivity index (χ1v) is 8.82. The molecular formula is C20H22ClNO3. The van der Waals surface area contributed by atoms with Crippen LogP contribution < -0.4 is 4.74 Å². The zero-order valence-electron chi connectivity index (χ0n) is 14.2. The number of benzene rings is 2. The number of ether oxygens (including phenoxy) is 1. The topological polar surface area (TPSA) is 49.8 Å². The first-order chi connectivity index (χ1) is 12.1. The molecule has 0 spiro atoms. The van der Waals surface area contributed by atoms with Gasteiger partial charge in [-0.25, -0.2) is 0 Å². The predicted molar refractivity (Wildman–Crippen MR) is 98.4 cm³/mol. The van der Waals surface area contributed by atoms with Gasteiger partial charge < -0.3 is 9.84 Å². The number of carbonyl (C=O) groups excluding carboxylic acids is 1. The molecule has 0 aromatic heterocycles. The van der Waals surface area contributed by atoms with E-state index in [0.717, 1.165) is 31.5 Å². The molecule has 4 nitrogen and oxygen atoms in total. The summed E-state index contributed by atoms with van der Waals surface area (Å²) in [6.45, 7) is 2.36. The van der Waals surface area contributed by atoms with Crippen LogP contribution in [0.4, 0.5) is 0 Å². The molecule has 0 saturated carbocycles. The van der Waals surface area contributed by atoms with Crippen LogP contribution in [0.15, 0.2) is 42.5 Å². The Kier molecular flexibility index (Phi) is 5.61. The normalized spacial score (nSPS) is 18.1. The van der Waals surface area contributed by atoms with Crippen LogP contribution in [0.3, 0.4) is 0 Å². The van der Waals surface area contributed by atoms with Crippen molar-refractivity contribution in [3.05, 3.63) is 58.6 Å². The van der Waals surface area contributed by atoms with Gasteiger partial charge in [0, 0.05) is 41.2 Å². The molecule has 1 N–H and O–H groups in total. The summed E-state index contributed by atoms with van der Waals surface area (Å²) >= 11 is 6.01. The third kappa shape index (κ3) is 4.33. The maximum absolute atomic E-state index is 12.8. The molecule has 0 amide bonds. The molecule has 1 atom stereocenters. The highest BCUT2D eigenvalue weighted by atomic mass is 35.5. The Morgan fingerprint density at radius 2 is 2.16 bits per heavy atom. The molecule has 1 saturated heterocycles. The monoisotopic (exact) mass is 359 g/mol. The van der Waals surface area contributed by atoms with Crippen LogP contribution in [0.1, 0.15) is 28.8 Å². The maximum atomic E-state index is 12.8. The predicted octanol–water partition coefficient (Wildman–Crippen LogP) is 4.15. The molecule has 25 heavy (non-hydrogen) atoms. The van der Waals surface area contributed by atoms with Crippen LogP contribution in [-0.2, 0) is 6.54 Å². The van der Waals surface area contributed by atoms with E-state index in [1.54, 1.807) is 31.4 Å². The Hall–Kier alpha value is -2.04. The second kappa shape index (κ2) is 7.89. The average Bonchev–Trinajstić information content (AvgIpc) is 2.63. The number of aromatic hydroxyl groups is 1. The highest BCUT2D eigenvalue weighted by molar-refractivity contribution is 6.31. The first kappa shape index (κ1) is 17.8. The van der Waals surface area contributed by atoms with Gasteiger partial charge in [-0.05, 0) is 37.6 Å². The van der Waals surface area contributed by atoms with Gasteiger partial charge in [0.05, 0.1) is 7.11 Å². The lowest BCUT2D eigenvalue weighted by molar-refractivity contribution is 0.0811. The SMILES string of the molecule is COc1cc(O)ccc1CN1CCC[C@@H](C(=O)c2cccc(Cl)c2)C1. The highest BCUT2D eigenvalue weighted by Gasteiger charge is 2.27. The van der Waals surface area contributed by atoms with E-state index in [4.69, 9.17) is 16.3 Å². The smallest absolute Gasteiger partial charge is 0.167 e. The number of carbonyl (C=O) groups is 1. The lowest BCUT2D eigenvalue weighted by Gasteiger charge is -2.32. The van der Waals surface area contributed by atoms with Gasteiger partial charge >= 0.3 is 0 Å².